The van der Waals surface area contributed by atoms with Crippen molar-refractivity contribution in [3.05, 3.63) is 0 Å². The van der Waals surface area contributed by atoms with Gasteiger partial charge in [-0.05, 0) is 13.8 Å². The van der Waals surface area contributed by atoms with Gasteiger partial charge in [0.15, 0.2) is 11.0 Å². The number of hydrogen-bond acceptors (Lipinski definition) is 4. The van der Waals surface area contributed by atoms with Crippen LogP contribution >= 0.6 is 11.8 Å². The van der Waals surface area contributed by atoms with Crippen molar-refractivity contribution in [1.82, 2.24) is 0 Å². The molecule has 0 aliphatic carbocycles. The topological polar surface area (TPSA) is 43.4 Å². The van der Waals surface area contributed by atoms with Gasteiger partial charge in [-0.25, -0.2) is 0 Å². The molecule has 3 nitrogen and oxygen atoms in total. The maximum atomic E-state index is 11.8. The number of esters is 1. The lowest BCUT2D eigenvalue weighted by molar-refractivity contribution is -0.144. The average molecular weight is 212 g/mol. The predicted octanol–water partition coefficient (Wildman–Crippen LogP) is 1.46. The molecule has 0 saturated carbocycles. The molecule has 0 aliphatic heterocycles. The number of ether oxygens (including phenoxy) is 1. The van der Waals surface area contributed by atoms with Crippen LogP contribution in [0.4, 0.5) is 8.78 Å². The SMILES string of the molecule is CCOC(=O)C(SC(F)F)C(C)=O. The number of rotatable bonds is 5. The van der Waals surface area contributed by atoms with Gasteiger partial charge in [-0.3, -0.25) is 9.59 Å². The molecule has 0 N–H and O–H groups in total. The number of hydrogen-bond donors (Lipinski definition) is 0. The minimum atomic E-state index is -2.75. The lowest BCUT2D eigenvalue weighted by Crippen LogP contribution is -2.28. The molecule has 6 heteroatoms. The molecule has 0 aromatic rings. The van der Waals surface area contributed by atoms with Crippen LogP contribution in [0.15, 0.2) is 0 Å². The van der Waals surface area contributed by atoms with Crippen LogP contribution in [0.5, 0.6) is 0 Å². The van der Waals surface area contributed by atoms with Crippen LogP contribution in [-0.4, -0.2) is 29.4 Å². The molecule has 1 atom stereocenters. The number of carbonyl (C=O) groups excluding carboxylic acids is 2. The van der Waals surface area contributed by atoms with Gasteiger partial charge >= 0.3 is 5.97 Å². The second-order valence-corrected chi connectivity index (χ2v) is 3.24. The second kappa shape index (κ2) is 5.90. The van der Waals surface area contributed by atoms with Crippen molar-refractivity contribution in [2.24, 2.45) is 0 Å². The molecule has 76 valence electrons. The Balaban J connectivity index is 4.24. The zero-order chi connectivity index (χ0) is 10.4. The quantitative estimate of drug-likeness (QED) is 0.511. The van der Waals surface area contributed by atoms with Gasteiger partial charge in [-0.15, -0.1) is 0 Å². The molecule has 0 rings (SSSR count). The molecule has 1 unspecified atom stereocenters. The second-order valence-electron chi connectivity index (χ2n) is 2.14. The summed E-state index contributed by atoms with van der Waals surface area (Å²) >= 11 is -0.00171. The lowest BCUT2D eigenvalue weighted by Gasteiger charge is -2.10. The van der Waals surface area contributed by atoms with E-state index in [2.05, 4.69) is 4.74 Å². The number of carbonyl (C=O) groups is 2. The van der Waals surface area contributed by atoms with Gasteiger partial charge in [0.25, 0.3) is 5.76 Å². The highest BCUT2D eigenvalue weighted by Crippen LogP contribution is 2.21. The van der Waals surface area contributed by atoms with Crippen molar-refractivity contribution in [3.63, 3.8) is 0 Å². The Hall–Kier alpha value is -0.650. The molecular formula is C7H10F2O3S. The highest BCUT2D eigenvalue weighted by Gasteiger charge is 2.28. The van der Waals surface area contributed by atoms with Crippen molar-refractivity contribution in [2.75, 3.05) is 6.61 Å². The third kappa shape index (κ3) is 4.82. The molecule has 0 radical (unpaired) electrons. The maximum Gasteiger partial charge on any atom is 0.326 e. The molecule has 0 amide bonds. The van der Waals surface area contributed by atoms with Gasteiger partial charge in [-0.2, -0.15) is 8.78 Å². The molecule has 13 heavy (non-hydrogen) atoms. The van der Waals surface area contributed by atoms with E-state index in [1.807, 2.05) is 0 Å². The largest absolute Gasteiger partial charge is 0.465 e. The van der Waals surface area contributed by atoms with Crippen LogP contribution < -0.4 is 0 Å². The fourth-order valence-corrected chi connectivity index (χ4v) is 1.21. The molecule has 0 bridgehead atoms. The van der Waals surface area contributed by atoms with Crippen LogP contribution in [0.3, 0.4) is 0 Å². The first kappa shape index (κ1) is 12.3. The third-order valence-corrected chi connectivity index (χ3v) is 2.11. The number of thioether (sulfide) groups is 1. The Morgan fingerprint density at radius 3 is 2.31 bits per heavy atom. The molecule has 0 aromatic heterocycles. The normalized spacial score (nSPS) is 12.7. The van der Waals surface area contributed by atoms with E-state index in [9.17, 15) is 18.4 Å². The van der Waals surface area contributed by atoms with Gasteiger partial charge in [0.05, 0.1) is 6.61 Å². The number of halogens is 2. The summed E-state index contributed by atoms with van der Waals surface area (Å²) in [6.07, 6.45) is 0. The first-order valence-corrected chi connectivity index (χ1v) is 4.54. The van der Waals surface area contributed by atoms with Crippen molar-refractivity contribution in [2.45, 2.75) is 24.9 Å². The summed E-state index contributed by atoms with van der Waals surface area (Å²) in [6, 6.07) is 0. The van der Waals surface area contributed by atoms with Crippen LogP contribution in [0.1, 0.15) is 13.8 Å². The van der Waals surface area contributed by atoms with Crippen molar-refractivity contribution in [3.8, 4) is 0 Å². The van der Waals surface area contributed by atoms with E-state index >= 15 is 0 Å². The molecule has 0 aromatic carbocycles. The molecule has 0 fully saturated rings. The fraction of sp³-hybridized carbons (Fsp3) is 0.714. The van der Waals surface area contributed by atoms with Gasteiger partial charge < -0.3 is 4.74 Å². The first-order valence-electron chi connectivity index (χ1n) is 3.59. The van der Waals surface area contributed by atoms with E-state index in [0.717, 1.165) is 6.92 Å². The van der Waals surface area contributed by atoms with E-state index < -0.39 is 22.8 Å². The average Bonchev–Trinajstić information content (AvgIpc) is 1.99. The fourth-order valence-electron chi connectivity index (χ4n) is 0.638. The zero-order valence-electron chi connectivity index (χ0n) is 7.25. The maximum absolute atomic E-state index is 11.8. The number of alkyl halides is 2. The lowest BCUT2D eigenvalue weighted by atomic mass is 10.3. The minimum Gasteiger partial charge on any atom is -0.465 e. The zero-order valence-corrected chi connectivity index (χ0v) is 8.07. The molecule has 0 spiro atoms. The van der Waals surface area contributed by atoms with Gasteiger partial charge in [0, 0.05) is 0 Å². The molecule has 0 heterocycles. The summed E-state index contributed by atoms with van der Waals surface area (Å²) in [6.45, 7) is 2.70. The summed E-state index contributed by atoms with van der Waals surface area (Å²) in [5.41, 5.74) is 0. The number of Topliss-reactive ketones (excluding diaryl/α,β-unsaturated/α-hetero) is 1. The third-order valence-electron chi connectivity index (χ3n) is 1.11. The van der Waals surface area contributed by atoms with Gasteiger partial charge in [0.1, 0.15) is 0 Å². The van der Waals surface area contributed by atoms with Crippen molar-refractivity contribution in [1.29, 1.82) is 0 Å². The smallest absolute Gasteiger partial charge is 0.326 e. The highest BCUT2D eigenvalue weighted by atomic mass is 32.2. The Morgan fingerprint density at radius 1 is 1.46 bits per heavy atom. The van der Waals surface area contributed by atoms with Crippen LogP contribution in [-0.2, 0) is 14.3 Å². The minimum absolute atomic E-state index is 0.00171. The summed E-state index contributed by atoms with van der Waals surface area (Å²) < 4.78 is 28.1. The monoisotopic (exact) mass is 212 g/mol. The predicted molar refractivity (Wildman–Crippen MR) is 44.7 cm³/mol. The van der Waals surface area contributed by atoms with Crippen molar-refractivity contribution < 1.29 is 23.1 Å². The Labute approximate surface area is 78.8 Å². The highest BCUT2D eigenvalue weighted by molar-refractivity contribution is 8.01. The van der Waals surface area contributed by atoms with E-state index in [1.165, 1.54) is 0 Å². The van der Waals surface area contributed by atoms with Gasteiger partial charge in [-0.1, -0.05) is 11.8 Å². The number of ketones is 1. The molecule has 0 aliphatic rings. The van der Waals surface area contributed by atoms with Crippen molar-refractivity contribution >= 4 is 23.5 Å². The summed E-state index contributed by atoms with van der Waals surface area (Å²) in [4.78, 5) is 21.7. The van der Waals surface area contributed by atoms with Gasteiger partial charge in [0.2, 0.25) is 0 Å². The van der Waals surface area contributed by atoms with Crippen LogP contribution in [0.2, 0.25) is 0 Å². The summed E-state index contributed by atoms with van der Waals surface area (Å²) in [7, 11) is 0. The Bertz CT molecular complexity index is 196. The molecular weight excluding hydrogens is 202 g/mol. The van der Waals surface area contributed by atoms with Crippen LogP contribution in [0.25, 0.3) is 0 Å². The summed E-state index contributed by atoms with van der Waals surface area (Å²) in [5, 5.41) is -1.40. The first-order chi connectivity index (χ1) is 5.99. The van der Waals surface area contributed by atoms with Crippen LogP contribution in [0, 0.1) is 0 Å². The van der Waals surface area contributed by atoms with E-state index in [1.54, 1.807) is 6.92 Å². The Morgan fingerprint density at radius 2 is 2.00 bits per heavy atom. The molecule has 0 saturated heterocycles. The van der Waals surface area contributed by atoms with E-state index in [-0.39, 0.29) is 18.4 Å². The Kier molecular flexibility index (Phi) is 5.61. The van der Waals surface area contributed by atoms with E-state index in [0.29, 0.717) is 0 Å². The summed E-state index contributed by atoms with van der Waals surface area (Å²) in [5.74, 6) is -4.28. The van der Waals surface area contributed by atoms with E-state index in [4.69, 9.17) is 0 Å². The standard InChI is InChI=1S/C7H10F2O3S/c1-3-12-6(11)5(4(2)10)13-7(8)9/h5,7H,3H2,1-2H3.